The van der Waals surface area contributed by atoms with Gasteiger partial charge in [0.15, 0.2) is 0 Å². The second-order valence-corrected chi connectivity index (χ2v) is 9.50. The molecule has 1 saturated heterocycles. The fourth-order valence-corrected chi connectivity index (χ4v) is 4.21. The topological polar surface area (TPSA) is 93.5 Å². The molecule has 3 aromatic rings. The summed E-state index contributed by atoms with van der Waals surface area (Å²) in [6.07, 6.45) is 3.35. The Balaban J connectivity index is 1.55. The van der Waals surface area contributed by atoms with Crippen molar-refractivity contribution in [1.82, 2.24) is 9.47 Å². The summed E-state index contributed by atoms with van der Waals surface area (Å²) in [7, 11) is 0. The minimum Gasteiger partial charge on any atom is -0.457 e. The summed E-state index contributed by atoms with van der Waals surface area (Å²) >= 11 is 0. The summed E-state index contributed by atoms with van der Waals surface area (Å²) in [6.45, 7) is 6.75. The summed E-state index contributed by atoms with van der Waals surface area (Å²) in [5.41, 5.74) is 8.44. The molecule has 2 N–H and O–H groups in total. The van der Waals surface area contributed by atoms with Gasteiger partial charge in [-0.2, -0.15) is 5.26 Å². The van der Waals surface area contributed by atoms with Gasteiger partial charge in [-0.15, -0.1) is 0 Å². The Kier molecular flexibility index (Phi) is 6.51. The first-order chi connectivity index (χ1) is 16.2. The van der Waals surface area contributed by atoms with Crippen LogP contribution in [0.3, 0.4) is 0 Å². The van der Waals surface area contributed by atoms with Crippen LogP contribution in [0.1, 0.15) is 50.8 Å². The number of amides is 1. The molecule has 1 aromatic heterocycles. The number of nitrogens with zero attached hydrogens (tertiary/aromatic N) is 3. The summed E-state index contributed by atoms with van der Waals surface area (Å²) in [6, 6.07) is 19.3. The van der Waals surface area contributed by atoms with Gasteiger partial charge in [0, 0.05) is 30.9 Å². The highest BCUT2D eigenvalue weighted by Gasteiger charge is 2.31. The van der Waals surface area contributed by atoms with Gasteiger partial charge in [-0.1, -0.05) is 18.2 Å². The van der Waals surface area contributed by atoms with E-state index in [1.807, 2.05) is 86.1 Å². The molecular formula is C27H30N4O3. The quantitative estimate of drug-likeness (QED) is 0.530. The van der Waals surface area contributed by atoms with Gasteiger partial charge in [0.25, 0.3) is 0 Å². The van der Waals surface area contributed by atoms with Crippen molar-refractivity contribution < 1.29 is 14.3 Å². The Morgan fingerprint density at radius 2 is 1.76 bits per heavy atom. The zero-order valence-corrected chi connectivity index (χ0v) is 19.8. The minimum absolute atomic E-state index is 0.0373. The van der Waals surface area contributed by atoms with Gasteiger partial charge in [0.2, 0.25) is 0 Å². The van der Waals surface area contributed by atoms with E-state index in [0.717, 1.165) is 29.8 Å². The second kappa shape index (κ2) is 9.52. The molecule has 1 fully saturated rings. The number of carbonyl (C=O) groups is 1. The van der Waals surface area contributed by atoms with Gasteiger partial charge in [-0.3, -0.25) is 0 Å². The van der Waals surface area contributed by atoms with Crippen LogP contribution in [-0.2, 0) is 4.74 Å². The normalized spacial score (nSPS) is 16.1. The molecule has 1 atom stereocenters. The number of ether oxygens (including phenoxy) is 2. The summed E-state index contributed by atoms with van der Waals surface area (Å²) < 4.78 is 13.2. The third kappa shape index (κ3) is 5.18. The van der Waals surface area contributed by atoms with Crippen LogP contribution in [0, 0.1) is 11.3 Å². The van der Waals surface area contributed by atoms with Gasteiger partial charge in [-0.05, 0) is 75.6 Å². The molecule has 7 heteroatoms. The lowest BCUT2D eigenvalue weighted by Crippen LogP contribution is -2.42. The van der Waals surface area contributed by atoms with E-state index in [1.54, 1.807) is 4.90 Å². The highest BCUT2D eigenvalue weighted by atomic mass is 16.6. The van der Waals surface area contributed by atoms with Crippen molar-refractivity contribution in [3.8, 4) is 23.3 Å². The molecule has 2 aromatic carbocycles. The van der Waals surface area contributed by atoms with E-state index in [1.165, 1.54) is 0 Å². The third-order valence-corrected chi connectivity index (χ3v) is 5.79. The van der Waals surface area contributed by atoms with E-state index in [9.17, 15) is 10.1 Å². The minimum atomic E-state index is -0.545. The lowest BCUT2D eigenvalue weighted by atomic mass is 9.91. The molecular weight excluding hydrogens is 428 g/mol. The Labute approximate surface area is 200 Å². The van der Waals surface area contributed by atoms with Gasteiger partial charge < -0.3 is 24.7 Å². The van der Waals surface area contributed by atoms with Crippen molar-refractivity contribution in [3.05, 3.63) is 72.1 Å². The number of likely N-dealkylation sites (tertiary alicyclic amines) is 1. The molecule has 1 unspecified atom stereocenters. The van der Waals surface area contributed by atoms with Crippen LogP contribution in [0.5, 0.6) is 11.5 Å². The maximum Gasteiger partial charge on any atom is 0.410 e. The van der Waals surface area contributed by atoms with Crippen LogP contribution < -0.4 is 10.5 Å². The summed E-state index contributed by atoms with van der Waals surface area (Å²) in [5, 5.41) is 9.83. The van der Waals surface area contributed by atoms with Gasteiger partial charge >= 0.3 is 6.09 Å². The number of benzene rings is 2. The van der Waals surface area contributed by atoms with E-state index >= 15 is 0 Å². The molecule has 0 saturated carbocycles. The summed E-state index contributed by atoms with van der Waals surface area (Å²) in [5.74, 6) is 1.50. The highest BCUT2D eigenvalue weighted by Crippen LogP contribution is 2.35. The molecule has 1 aliphatic heterocycles. The molecule has 176 valence electrons. The number of anilines is 1. The monoisotopic (exact) mass is 458 g/mol. The van der Waals surface area contributed by atoms with Gasteiger partial charge in [-0.25, -0.2) is 4.79 Å². The van der Waals surface area contributed by atoms with Crippen LogP contribution in [0.25, 0.3) is 5.69 Å². The molecule has 0 bridgehead atoms. The van der Waals surface area contributed by atoms with Crippen molar-refractivity contribution in [2.45, 2.75) is 45.1 Å². The first kappa shape index (κ1) is 23.2. The Bertz CT molecular complexity index is 1190. The molecule has 2 heterocycles. The predicted octanol–water partition coefficient (Wildman–Crippen LogP) is 5.84. The Morgan fingerprint density at radius 1 is 1.09 bits per heavy atom. The number of nitriles is 1. The van der Waals surface area contributed by atoms with Gasteiger partial charge in [0.1, 0.15) is 28.9 Å². The number of para-hydroxylation sites is 1. The first-order valence-corrected chi connectivity index (χ1v) is 11.5. The van der Waals surface area contributed by atoms with Crippen molar-refractivity contribution in [1.29, 1.82) is 5.26 Å². The Hall–Kier alpha value is -3.92. The smallest absolute Gasteiger partial charge is 0.410 e. The van der Waals surface area contributed by atoms with E-state index in [0.29, 0.717) is 30.2 Å². The van der Waals surface area contributed by atoms with Gasteiger partial charge in [0.05, 0.1) is 5.69 Å². The zero-order valence-electron chi connectivity index (χ0n) is 19.8. The van der Waals surface area contributed by atoms with E-state index < -0.39 is 5.60 Å². The lowest BCUT2D eigenvalue weighted by Gasteiger charge is -2.34. The number of piperidine rings is 1. The number of nitrogens with two attached hydrogens (primary N) is 1. The number of rotatable bonds is 4. The standard InChI is InChI=1S/C27H30N4O3/c1-27(2,3)34-26(32)30-15-7-8-19(17-30)23-18-31(24(16-28)25(23)29)20-11-13-22(14-12-20)33-21-9-5-4-6-10-21/h4-6,9-14,18-19H,7-8,15,17,29H2,1-3H3. The molecule has 4 rings (SSSR count). The number of hydrogen-bond donors (Lipinski definition) is 1. The zero-order chi connectivity index (χ0) is 24.3. The fraction of sp³-hybridized carbons (Fsp3) is 0.333. The van der Waals surface area contributed by atoms with Crippen LogP contribution >= 0.6 is 0 Å². The molecule has 0 spiro atoms. The molecule has 7 nitrogen and oxygen atoms in total. The highest BCUT2D eigenvalue weighted by molar-refractivity contribution is 5.69. The SMILES string of the molecule is CC(C)(C)OC(=O)N1CCCC(c2cn(-c3ccc(Oc4ccccc4)cc3)c(C#N)c2N)C1. The average Bonchev–Trinajstić information content (AvgIpc) is 3.15. The van der Waals surface area contributed by atoms with Crippen molar-refractivity contribution >= 4 is 11.8 Å². The van der Waals surface area contributed by atoms with E-state index in [-0.39, 0.29) is 12.0 Å². The third-order valence-electron chi connectivity index (χ3n) is 5.79. The van der Waals surface area contributed by atoms with Crippen molar-refractivity contribution in [2.75, 3.05) is 18.8 Å². The number of hydrogen-bond acceptors (Lipinski definition) is 5. The van der Waals surface area contributed by atoms with E-state index in [2.05, 4.69) is 6.07 Å². The molecule has 1 amide bonds. The maximum atomic E-state index is 12.6. The molecule has 34 heavy (non-hydrogen) atoms. The maximum absolute atomic E-state index is 12.6. The molecule has 0 radical (unpaired) electrons. The molecule has 0 aliphatic carbocycles. The number of nitrogen functional groups attached to an aromatic ring is 1. The number of carbonyl (C=O) groups excluding carboxylic acids is 1. The Morgan fingerprint density at radius 3 is 2.41 bits per heavy atom. The fourth-order valence-electron chi connectivity index (χ4n) is 4.21. The lowest BCUT2D eigenvalue weighted by molar-refractivity contribution is 0.0198. The first-order valence-electron chi connectivity index (χ1n) is 11.5. The van der Waals surface area contributed by atoms with Crippen LogP contribution in [0.4, 0.5) is 10.5 Å². The molecule has 1 aliphatic rings. The van der Waals surface area contributed by atoms with Crippen molar-refractivity contribution in [2.24, 2.45) is 0 Å². The van der Waals surface area contributed by atoms with Crippen LogP contribution in [0.15, 0.2) is 60.8 Å². The predicted molar refractivity (Wildman–Crippen MR) is 131 cm³/mol. The largest absolute Gasteiger partial charge is 0.457 e. The number of aromatic nitrogens is 1. The van der Waals surface area contributed by atoms with Crippen molar-refractivity contribution in [3.63, 3.8) is 0 Å². The van der Waals surface area contributed by atoms with Crippen LogP contribution in [0.2, 0.25) is 0 Å². The van der Waals surface area contributed by atoms with E-state index in [4.69, 9.17) is 15.2 Å². The average molecular weight is 459 g/mol. The van der Waals surface area contributed by atoms with Crippen LogP contribution in [-0.4, -0.2) is 34.3 Å². The summed E-state index contributed by atoms with van der Waals surface area (Å²) in [4.78, 5) is 14.3. The second-order valence-electron chi connectivity index (χ2n) is 9.50.